The van der Waals surface area contributed by atoms with E-state index in [1.54, 1.807) is 0 Å². The van der Waals surface area contributed by atoms with Gasteiger partial charge in [0.2, 0.25) is 5.89 Å². The highest BCUT2D eigenvalue weighted by atomic mass is 16.5. The van der Waals surface area contributed by atoms with E-state index in [-0.39, 0.29) is 5.41 Å². The van der Waals surface area contributed by atoms with Gasteiger partial charge in [-0.05, 0) is 32.2 Å². The zero-order valence-electron chi connectivity index (χ0n) is 13.7. The van der Waals surface area contributed by atoms with Crippen LogP contribution in [0.3, 0.4) is 0 Å². The molecule has 2 aliphatic heterocycles. The van der Waals surface area contributed by atoms with Crippen LogP contribution in [-0.4, -0.2) is 39.7 Å². The van der Waals surface area contributed by atoms with E-state index in [4.69, 9.17) is 4.52 Å². The quantitative estimate of drug-likeness (QED) is 0.924. The third kappa shape index (κ3) is 3.29. The van der Waals surface area contributed by atoms with E-state index in [9.17, 15) is 0 Å². The summed E-state index contributed by atoms with van der Waals surface area (Å²) in [7, 11) is 0. The molecule has 0 amide bonds. The molecule has 1 N–H and O–H groups in total. The van der Waals surface area contributed by atoms with Gasteiger partial charge in [0, 0.05) is 23.5 Å². The lowest BCUT2D eigenvalue weighted by Gasteiger charge is -2.36. The lowest BCUT2D eigenvalue weighted by atomic mass is 9.97. The number of aromatic nitrogens is 2. The molecule has 2 saturated heterocycles. The highest BCUT2D eigenvalue weighted by Crippen LogP contribution is 2.30. The highest BCUT2D eigenvalue weighted by molar-refractivity contribution is 5.00. The zero-order valence-corrected chi connectivity index (χ0v) is 13.7. The largest absolute Gasteiger partial charge is 0.339 e. The fourth-order valence-corrected chi connectivity index (χ4v) is 3.63. The number of fused-ring (bicyclic) bond motifs is 2. The lowest BCUT2D eigenvalue weighted by molar-refractivity contribution is 0.136. The van der Waals surface area contributed by atoms with Gasteiger partial charge >= 0.3 is 0 Å². The van der Waals surface area contributed by atoms with Crippen molar-refractivity contribution < 1.29 is 4.52 Å². The summed E-state index contributed by atoms with van der Waals surface area (Å²) < 4.78 is 5.42. The van der Waals surface area contributed by atoms with Crippen LogP contribution in [0.15, 0.2) is 4.52 Å². The summed E-state index contributed by atoms with van der Waals surface area (Å²) in [6.07, 6.45) is 5.20. The molecule has 2 bridgehead atoms. The molecular weight excluding hydrogens is 264 g/mol. The Labute approximate surface area is 127 Å². The minimum absolute atomic E-state index is 0.0733. The van der Waals surface area contributed by atoms with Gasteiger partial charge < -0.3 is 9.84 Å². The maximum absolute atomic E-state index is 5.42. The molecule has 21 heavy (non-hydrogen) atoms. The van der Waals surface area contributed by atoms with Crippen LogP contribution in [0.5, 0.6) is 0 Å². The standard InChI is InChI=1S/C16H28N4O/c1-5-20(13-8-11-6-7-12(9-13)17-11)10-14-18-15(21-19-14)16(2,3)4/h11-13,17H,5-10H2,1-4H3. The Bertz CT molecular complexity index is 467. The molecule has 0 aromatic carbocycles. The molecule has 0 saturated carbocycles. The second-order valence-electron chi connectivity index (χ2n) is 7.59. The van der Waals surface area contributed by atoms with Crippen LogP contribution >= 0.6 is 0 Å². The number of piperidine rings is 1. The monoisotopic (exact) mass is 292 g/mol. The number of hydrogen-bond donors (Lipinski definition) is 1. The average molecular weight is 292 g/mol. The summed E-state index contributed by atoms with van der Waals surface area (Å²) >= 11 is 0. The van der Waals surface area contributed by atoms with E-state index < -0.39 is 0 Å². The molecular formula is C16H28N4O. The second kappa shape index (κ2) is 5.69. The van der Waals surface area contributed by atoms with Crippen molar-refractivity contribution in [3.8, 4) is 0 Å². The van der Waals surface area contributed by atoms with Gasteiger partial charge in [0.15, 0.2) is 5.82 Å². The first-order valence-corrected chi connectivity index (χ1v) is 8.29. The van der Waals surface area contributed by atoms with Crippen molar-refractivity contribution in [2.75, 3.05) is 6.54 Å². The lowest BCUT2D eigenvalue weighted by Crippen LogP contribution is -2.48. The molecule has 0 aliphatic carbocycles. The van der Waals surface area contributed by atoms with E-state index in [1.165, 1.54) is 25.7 Å². The van der Waals surface area contributed by atoms with Crippen LogP contribution in [0, 0.1) is 0 Å². The van der Waals surface area contributed by atoms with Gasteiger partial charge in [-0.3, -0.25) is 4.90 Å². The molecule has 2 fully saturated rings. The molecule has 2 unspecified atom stereocenters. The second-order valence-corrected chi connectivity index (χ2v) is 7.59. The van der Waals surface area contributed by atoms with Gasteiger partial charge in [0.25, 0.3) is 0 Å². The Hall–Kier alpha value is -0.940. The molecule has 1 aromatic heterocycles. The normalized spacial score (nSPS) is 29.3. The maximum Gasteiger partial charge on any atom is 0.232 e. The summed E-state index contributed by atoms with van der Waals surface area (Å²) in [5.74, 6) is 1.56. The van der Waals surface area contributed by atoms with E-state index in [0.717, 1.165) is 36.9 Å². The van der Waals surface area contributed by atoms with E-state index in [2.05, 4.69) is 48.1 Å². The third-order valence-corrected chi connectivity index (χ3v) is 4.82. The summed E-state index contributed by atoms with van der Waals surface area (Å²) in [6.45, 7) is 10.4. The topological polar surface area (TPSA) is 54.2 Å². The number of hydrogen-bond acceptors (Lipinski definition) is 5. The van der Waals surface area contributed by atoms with Gasteiger partial charge in [-0.15, -0.1) is 0 Å². The van der Waals surface area contributed by atoms with Gasteiger partial charge in [0.1, 0.15) is 0 Å². The fourth-order valence-electron chi connectivity index (χ4n) is 3.63. The Kier molecular flexibility index (Phi) is 4.06. The third-order valence-electron chi connectivity index (χ3n) is 4.82. The summed E-state index contributed by atoms with van der Waals surface area (Å²) in [5, 5.41) is 7.89. The van der Waals surface area contributed by atoms with Gasteiger partial charge in [-0.2, -0.15) is 4.98 Å². The summed E-state index contributed by atoms with van der Waals surface area (Å²) in [5.41, 5.74) is -0.0733. The molecule has 5 nitrogen and oxygen atoms in total. The minimum atomic E-state index is -0.0733. The molecule has 0 spiro atoms. The zero-order chi connectivity index (χ0) is 15.0. The van der Waals surface area contributed by atoms with Crippen LogP contribution in [0.25, 0.3) is 0 Å². The van der Waals surface area contributed by atoms with Crippen molar-refractivity contribution in [3.05, 3.63) is 11.7 Å². The van der Waals surface area contributed by atoms with Gasteiger partial charge in [-0.1, -0.05) is 32.9 Å². The maximum atomic E-state index is 5.42. The molecule has 1 aromatic rings. The predicted octanol–water partition coefficient (Wildman–Crippen LogP) is 2.47. The molecule has 5 heteroatoms. The Morgan fingerprint density at radius 3 is 2.43 bits per heavy atom. The molecule has 2 aliphatic rings. The molecule has 0 radical (unpaired) electrons. The Morgan fingerprint density at radius 2 is 1.90 bits per heavy atom. The first-order valence-electron chi connectivity index (χ1n) is 8.29. The Balaban J connectivity index is 1.66. The average Bonchev–Trinajstić information content (AvgIpc) is 3.02. The first-order chi connectivity index (χ1) is 9.95. The first kappa shape index (κ1) is 15.0. The van der Waals surface area contributed by atoms with Crippen LogP contribution in [0.4, 0.5) is 0 Å². The number of nitrogens with one attached hydrogen (secondary N) is 1. The molecule has 2 atom stereocenters. The van der Waals surface area contributed by atoms with E-state index in [1.807, 2.05) is 0 Å². The Morgan fingerprint density at radius 1 is 1.24 bits per heavy atom. The van der Waals surface area contributed by atoms with Crippen molar-refractivity contribution in [2.24, 2.45) is 0 Å². The molecule has 3 rings (SSSR count). The number of rotatable bonds is 4. The predicted molar refractivity (Wildman–Crippen MR) is 82.0 cm³/mol. The summed E-state index contributed by atoms with van der Waals surface area (Å²) in [6, 6.07) is 2.10. The van der Waals surface area contributed by atoms with Crippen molar-refractivity contribution in [2.45, 2.75) is 83.5 Å². The highest BCUT2D eigenvalue weighted by Gasteiger charge is 2.36. The van der Waals surface area contributed by atoms with Crippen molar-refractivity contribution >= 4 is 0 Å². The summed E-state index contributed by atoms with van der Waals surface area (Å²) in [4.78, 5) is 7.10. The van der Waals surface area contributed by atoms with Crippen molar-refractivity contribution in [1.82, 2.24) is 20.4 Å². The van der Waals surface area contributed by atoms with Crippen LogP contribution < -0.4 is 5.32 Å². The van der Waals surface area contributed by atoms with E-state index >= 15 is 0 Å². The van der Waals surface area contributed by atoms with E-state index in [0.29, 0.717) is 6.04 Å². The van der Waals surface area contributed by atoms with Crippen LogP contribution in [-0.2, 0) is 12.0 Å². The van der Waals surface area contributed by atoms with Crippen molar-refractivity contribution in [1.29, 1.82) is 0 Å². The van der Waals surface area contributed by atoms with Gasteiger partial charge in [-0.25, -0.2) is 0 Å². The number of nitrogens with zero attached hydrogens (tertiary/aromatic N) is 3. The van der Waals surface area contributed by atoms with Crippen LogP contribution in [0.1, 0.15) is 65.1 Å². The van der Waals surface area contributed by atoms with Crippen molar-refractivity contribution in [3.63, 3.8) is 0 Å². The van der Waals surface area contributed by atoms with Gasteiger partial charge in [0.05, 0.1) is 6.54 Å². The fraction of sp³-hybridized carbons (Fsp3) is 0.875. The van der Waals surface area contributed by atoms with Crippen LogP contribution in [0.2, 0.25) is 0 Å². The molecule has 3 heterocycles. The minimum Gasteiger partial charge on any atom is -0.339 e. The smallest absolute Gasteiger partial charge is 0.232 e. The molecule has 118 valence electrons. The SMILES string of the molecule is CCN(Cc1noc(C(C)(C)C)n1)C1CC2CCC(C1)N2.